The molecule has 7 nitrogen and oxygen atoms in total. The highest BCUT2D eigenvalue weighted by Crippen LogP contribution is 2.39. The second-order valence-corrected chi connectivity index (χ2v) is 10.6. The van der Waals surface area contributed by atoms with Gasteiger partial charge in [0, 0.05) is 50.0 Å². The van der Waals surface area contributed by atoms with Crippen molar-refractivity contribution in [2.75, 3.05) is 39.0 Å². The van der Waals surface area contributed by atoms with Crippen LogP contribution < -0.4 is 5.73 Å². The zero-order valence-corrected chi connectivity index (χ0v) is 21.5. The van der Waals surface area contributed by atoms with Crippen LogP contribution in [0.15, 0.2) is 67.1 Å². The van der Waals surface area contributed by atoms with Crippen LogP contribution in [0.2, 0.25) is 0 Å². The Bertz CT molecular complexity index is 1340. The van der Waals surface area contributed by atoms with Crippen molar-refractivity contribution < 1.29 is 5.11 Å². The van der Waals surface area contributed by atoms with Crippen molar-refractivity contribution in [3.63, 3.8) is 0 Å². The smallest absolute Gasteiger partial charge is 0.146 e. The Kier molecular flexibility index (Phi) is 6.67. The molecule has 0 spiro atoms. The normalized spacial score (nSPS) is 22.3. The minimum Gasteiger partial charge on any atom is -0.384 e. The Morgan fingerprint density at radius 3 is 2.19 bits per heavy atom. The monoisotopic (exact) mass is 496 g/mol. The number of hydrogen-bond acceptors (Lipinski definition) is 6. The lowest BCUT2D eigenvalue weighted by molar-refractivity contribution is 0.0828. The topological polar surface area (TPSA) is 83.4 Å². The fourth-order valence-electron chi connectivity index (χ4n) is 6.17. The number of benzene rings is 2. The van der Waals surface area contributed by atoms with Gasteiger partial charge in [-0.25, -0.2) is 9.97 Å². The first-order valence-electron chi connectivity index (χ1n) is 13.5. The summed E-state index contributed by atoms with van der Waals surface area (Å²) in [5.74, 6) is 0.512. The van der Waals surface area contributed by atoms with E-state index < -0.39 is 6.10 Å². The molecule has 1 saturated carbocycles. The van der Waals surface area contributed by atoms with Crippen molar-refractivity contribution in [1.29, 1.82) is 0 Å². The standard InChI is InChI=1S/C30H36N6O/c1-34-15-17-35(18-16-34)24-11-13-25(14-12-24)36-19-26(27-29(31)32-20-33-30(27)36)21-7-9-23(10-8-21)28(37)22-5-3-2-4-6-22/h2-10,19-20,24-25,28,37H,11-18H2,1H3,(H2,31,32,33). The quantitative estimate of drug-likeness (QED) is 0.424. The summed E-state index contributed by atoms with van der Waals surface area (Å²) in [4.78, 5) is 14.1. The fourth-order valence-corrected chi connectivity index (χ4v) is 6.17. The van der Waals surface area contributed by atoms with Gasteiger partial charge in [0.25, 0.3) is 0 Å². The number of nitrogen functional groups attached to an aromatic ring is 1. The van der Waals surface area contributed by atoms with Crippen molar-refractivity contribution >= 4 is 16.9 Å². The maximum absolute atomic E-state index is 10.8. The highest BCUT2D eigenvalue weighted by molar-refractivity contribution is 6.00. The lowest BCUT2D eigenvalue weighted by Gasteiger charge is -2.41. The second-order valence-electron chi connectivity index (χ2n) is 10.6. The average molecular weight is 497 g/mol. The lowest BCUT2D eigenvalue weighted by atomic mass is 9.89. The van der Waals surface area contributed by atoms with Gasteiger partial charge in [-0.1, -0.05) is 54.6 Å². The molecule has 1 unspecified atom stereocenters. The Morgan fingerprint density at radius 2 is 1.49 bits per heavy atom. The highest BCUT2D eigenvalue weighted by atomic mass is 16.3. The summed E-state index contributed by atoms with van der Waals surface area (Å²) in [5, 5.41) is 11.7. The number of nitrogens with two attached hydrogens (primary N) is 1. The average Bonchev–Trinajstić information content (AvgIpc) is 3.35. The zero-order chi connectivity index (χ0) is 25.4. The first-order valence-corrected chi connectivity index (χ1v) is 13.5. The number of rotatable bonds is 5. The number of aliphatic hydroxyl groups is 1. The number of nitrogens with zero attached hydrogens (tertiary/aromatic N) is 5. The molecule has 0 bridgehead atoms. The Balaban J connectivity index is 1.25. The molecule has 1 aliphatic heterocycles. The number of piperazine rings is 1. The number of fused-ring (bicyclic) bond motifs is 1. The van der Waals surface area contributed by atoms with Crippen LogP contribution in [0.3, 0.4) is 0 Å². The molecule has 1 atom stereocenters. The molecule has 3 N–H and O–H groups in total. The van der Waals surface area contributed by atoms with E-state index in [2.05, 4.69) is 49.7 Å². The lowest BCUT2D eigenvalue weighted by Crippen LogP contribution is -2.49. The fraction of sp³-hybridized carbons (Fsp3) is 0.400. The molecule has 6 rings (SSSR count). The van der Waals surface area contributed by atoms with Gasteiger partial charge in [0.05, 0.1) is 5.39 Å². The van der Waals surface area contributed by atoms with E-state index in [1.807, 2.05) is 42.5 Å². The van der Waals surface area contributed by atoms with Gasteiger partial charge in [-0.3, -0.25) is 4.90 Å². The number of aromatic nitrogens is 3. The van der Waals surface area contributed by atoms with Crippen LogP contribution in [-0.4, -0.2) is 68.7 Å². The summed E-state index contributed by atoms with van der Waals surface area (Å²) in [7, 11) is 2.22. The number of hydrogen-bond donors (Lipinski definition) is 2. The zero-order valence-electron chi connectivity index (χ0n) is 21.5. The van der Waals surface area contributed by atoms with Gasteiger partial charge >= 0.3 is 0 Å². The molecule has 4 aromatic rings. The summed E-state index contributed by atoms with van der Waals surface area (Å²) in [6.45, 7) is 4.70. The largest absolute Gasteiger partial charge is 0.384 e. The van der Waals surface area contributed by atoms with Crippen molar-refractivity contribution in [2.45, 2.75) is 43.9 Å². The predicted molar refractivity (Wildman–Crippen MR) is 148 cm³/mol. The summed E-state index contributed by atoms with van der Waals surface area (Å²) in [6.07, 6.45) is 7.87. The van der Waals surface area contributed by atoms with E-state index in [0.29, 0.717) is 17.9 Å². The molecule has 2 fully saturated rings. The molecule has 1 aliphatic carbocycles. The van der Waals surface area contributed by atoms with Gasteiger partial charge in [0.1, 0.15) is 23.9 Å². The third-order valence-corrected chi connectivity index (χ3v) is 8.41. The Hall–Kier alpha value is -3.26. The molecule has 0 radical (unpaired) electrons. The maximum Gasteiger partial charge on any atom is 0.146 e. The van der Waals surface area contributed by atoms with Crippen molar-refractivity contribution in [1.82, 2.24) is 24.3 Å². The number of likely N-dealkylation sites (N-methyl/N-ethyl adjacent to an activating group) is 1. The van der Waals surface area contributed by atoms with E-state index in [1.54, 1.807) is 6.33 Å². The number of anilines is 1. The van der Waals surface area contributed by atoms with E-state index in [0.717, 1.165) is 46.1 Å². The van der Waals surface area contributed by atoms with Gasteiger partial charge in [0.2, 0.25) is 0 Å². The van der Waals surface area contributed by atoms with Crippen LogP contribution in [0.4, 0.5) is 5.82 Å². The first-order chi connectivity index (χ1) is 18.1. The van der Waals surface area contributed by atoms with Crippen molar-refractivity contribution in [3.8, 4) is 11.1 Å². The van der Waals surface area contributed by atoms with Crippen molar-refractivity contribution in [3.05, 3.63) is 78.2 Å². The van der Waals surface area contributed by atoms with Gasteiger partial charge in [0.15, 0.2) is 0 Å². The summed E-state index contributed by atoms with van der Waals surface area (Å²) in [5.41, 5.74) is 11.2. The molecule has 2 aromatic heterocycles. The van der Waals surface area contributed by atoms with Crippen molar-refractivity contribution in [2.24, 2.45) is 0 Å². The maximum atomic E-state index is 10.8. The van der Waals surface area contributed by atoms with E-state index >= 15 is 0 Å². The van der Waals surface area contributed by atoms with Crippen LogP contribution >= 0.6 is 0 Å². The van der Waals surface area contributed by atoms with Crippen LogP contribution in [-0.2, 0) is 0 Å². The molecular weight excluding hydrogens is 460 g/mol. The number of aliphatic hydroxyl groups excluding tert-OH is 1. The van der Waals surface area contributed by atoms with E-state index in [-0.39, 0.29) is 0 Å². The molecule has 2 aromatic carbocycles. The van der Waals surface area contributed by atoms with Crippen LogP contribution in [0, 0.1) is 0 Å². The van der Waals surface area contributed by atoms with Gasteiger partial charge in [-0.15, -0.1) is 0 Å². The first kappa shape index (κ1) is 24.1. The molecule has 0 amide bonds. The van der Waals surface area contributed by atoms with Crippen LogP contribution in [0.1, 0.15) is 49.0 Å². The molecular formula is C30H36N6O. The Labute approximate surface area is 218 Å². The molecule has 2 aliphatic rings. The van der Waals surface area contributed by atoms with Gasteiger partial charge in [-0.2, -0.15) is 0 Å². The minimum atomic E-state index is -0.652. The predicted octanol–water partition coefficient (Wildman–Crippen LogP) is 4.49. The minimum absolute atomic E-state index is 0.411. The molecule has 7 heteroatoms. The highest BCUT2D eigenvalue weighted by Gasteiger charge is 2.30. The summed E-state index contributed by atoms with van der Waals surface area (Å²) in [6, 6.07) is 19.0. The molecule has 37 heavy (non-hydrogen) atoms. The van der Waals surface area contributed by atoms with Crippen LogP contribution in [0.5, 0.6) is 0 Å². The third kappa shape index (κ3) is 4.75. The van der Waals surface area contributed by atoms with E-state index in [4.69, 9.17) is 5.73 Å². The van der Waals surface area contributed by atoms with E-state index in [9.17, 15) is 5.11 Å². The van der Waals surface area contributed by atoms with Gasteiger partial charge < -0.3 is 20.3 Å². The summed E-state index contributed by atoms with van der Waals surface area (Å²) >= 11 is 0. The Morgan fingerprint density at radius 1 is 0.838 bits per heavy atom. The summed E-state index contributed by atoms with van der Waals surface area (Å²) < 4.78 is 2.34. The molecule has 1 saturated heterocycles. The van der Waals surface area contributed by atoms with Gasteiger partial charge in [-0.05, 0) is 49.4 Å². The van der Waals surface area contributed by atoms with Crippen LogP contribution in [0.25, 0.3) is 22.2 Å². The second kappa shape index (κ2) is 10.2. The SMILES string of the molecule is CN1CCN(C2CCC(n3cc(-c4ccc(C(O)c5ccccc5)cc4)c4c(N)ncnc43)CC2)CC1. The third-order valence-electron chi connectivity index (χ3n) is 8.41. The molecule has 192 valence electrons. The van der Waals surface area contributed by atoms with E-state index in [1.165, 1.54) is 39.0 Å². The molecule has 3 heterocycles.